The third-order valence-corrected chi connectivity index (χ3v) is 3.20. The van der Waals surface area contributed by atoms with Crippen molar-refractivity contribution in [1.82, 2.24) is 5.32 Å². The first-order chi connectivity index (χ1) is 4.27. The molecule has 54 valence electrons. The zero-order chi connectivity index (χ0) is 6.74. The lowest BCUT2D eigenvalue weighted by Crippen LogP contribution is -2.42. The van der Waals surface area contributed by atoms with Crippen molar-refractivity contribution in [3.05, 3.63) is 0 Å². The number of nitrogens with one attached hydrogen (secondary N) is 1. The maximum atomic E-state index is 9.63. The zero-order valence-electron chi connectivity index (χ0n) is 5.36. The monoisotopic (exact) mass is 241 g/mol. The SMILES string of the molecule is OC1(CI)CCNCC1. The Morgan fingerprint density at radius 3 is 2.33 bits per heavy atom. The molecule has 1 rings (SSSR count). The zero-order valence-corrected chi connectivity index (χ0v) is 7.52. The minimum absolute atomic E-state index is 0.355. The smallest absolute Gasteiger partial charge is 0.0760 e. The van der Waals surface area contributed by atoms with Crippen molar-refractivity contribution in [2.45, 2.75) is 18.4 Å². The molecule has 3 heteroatoms. The Kier molecular flexibility index (Phi) is 2.73. The molecule has 0 amide bonds. The van der Waals surface area contributed by atoms with E-state index in [4.69, 9.17) is 0 Å². The molecule has 0 saturated carbocycles. The molecule has 0 bridgehead atoms. The summed E-state index contributed by atoms with van der Waals surface area (Å²) >= 11 is 2.25. The average Bonchev–Trinajstić information content (AvgIpc) is 1.90. The lowest BCUT2D eigenvalue weighted by molar-refractivity contribution is 0.0368. The molecule has 0 aromatic rings. The molecule has 9 heavy (non-hydrogen) atoms. The fraction of sp³-hybridized carbons (Fsp3) is 1.00. The quantitative estimate of drug-likeness (QED) is 0.518. The third kappa shape index (κ3) is 2.05. The van der Waals surface area contributed by atoms with Crippen LogP contribution in [0.15, 0.2) is 0 Å². The standard InChI is InChI=1S/C6H12INO/c7-5-6(9)1-3-8-4-2-6/h8-9H,1-5H2. The van der Waals surface area contributed by atoms with Crippen LogP contribution in [-0.4, -0.2) is 28.2 Å². The van der Waals surface area contributed by atoms with Gasteiger partial charge in [-0.05, 0) is 25.9 Å². The van der Waals surface area contributed by atoms with Crippen molar-refractivity contribution in [1.29, 1.82) is 0 Å². The summed E-state index contributed by atoms with van der Waals surface area (Å²) in [4.78, 5) is 0. The number of alkyl halides is 1. The molecule has 0 spiro atoms. The van der Waals surface area contributed by atoms with Gasteiger partial charge in [-0.2, -0.15) is 0 Å². The van der Waals surface area contributed by atoms with Gasteiger partial charge in [-0.25, -0.2) is 0 Å². The van der Waals surface area contributed by atoms with Crippen molar-refractivity contribution < 1.29 is 5.11 Å². The number of piperidine rings is 1. The highest BCUT2D eigenvalue weighted by atomic mass is 127. The van der Waals surface area contributed by atoms with E-state index in [0.29, 0.717) is 0 Å². The second-order valence-corrected chi connectivity index (χ2v) is 3.37. The molecule has 1 fully saturated rings. The van der Waals surface area contributed by atoms with E-state index in [1.807, 2.05) is 0 Å². The van der Waals surface area contributed by atoms with Gasteiger partial charge in [0.2, 0.25) is 0 Å². The third-order valence-electron chi connectivity index (χ3n) is 1.78. The van der Waals surface area contributed by atoms with Gasteiger partial charge in [0.15, 0.2) is 0 Å². The largest absolute Gasteiger partial charge is 0.389 e. The number of hydrogen-bond acceptors (Lipinski definition) is 2. The number of hydrogen-bond donors (Lipinski definition) is 2. The fourth-order valence-corrected chi connectivity index (χ4v) is 1.79. The second-order valence-electron chi connectivity index (χ2n) is 2.61. The predicted octanol–water partition coefficient (Wildman–Crippen LogP) is 0.536. The minimum atomic E-state index is -0.355. The highest BCUT2D eigenvalue weighted by Gasteiger charge is 2.26. The van der Waals surface area contributed by atoms with Crippen molar-refractivity contribution in [3.63, 3.8) is 0 Å². The molecule has 1 heterocycles. The van der Waals surface area contributed by atoms with Gasteiger partial charge in [0.25, 0.3) is 0 Å². The summed E-state index contributed by atoms with van der Waals surface area (Å²) in [5.41, 5.74) is -0.355. The predicted molar refractivity (Wildman–Crippen MR) is 45.9 cm³/mol. The van der Waals surface area contributed by atoms with Crippen molar-refractivity contribution >= 4 is 22.6 Å². The molecule has 2 nitrogen and oxygen atoms in total. The van der Waals surface area contributed by atoms with Crippen LogP contribution in [-0.2, 0) is 0 Å². The highest BCUT2D eigenvalue weighted by molar-refractivity contribution is 14.1. The Bertz CT molecular complexity index is 91.1. The molecular weight excluding hydrogens is 229 g/mol. The minimum Gasteiger partial charge on any atom is -0.389 e. The first-order valence-corrected chi connectivity index (χ1v) is 4.78. The van der Waals surface area contributed by atoms with Crippen molar-refractivity contribution in [3.8, 4) is 0 Å². The van der Waals surface area contributed by atoms with Crippen LogP contribution in [0.5, 0.6) is 0 Å². The van der Waals surface area contributed by atoms with Crippen molar-refractivity contribution in [2.75, 3.05) is 17.5 Å². The lowest BCUT2D eigenvalue weighted by Gasteiger charge is -2.30. The summed E-state index contributed by atoms with van der Waals surface area (Å²) in [5.74, 6) is 0. The van der Waals surface area contributed by atoms with Crippen LogP contribution in [0.4, 0.5) is 0 Å². The Labute approximate surface area is 69.2 Å². The van der Waals surface area contributed by atoms with Crippen LogP contribution < -0.4 is 5.32 Å². The summed E-state index contributed by atoms with van der Waals surface area (Å²) in [6.45, 7) is 1.94. The molecule has 0 aliphatic carbocycles. The first-order valence-electron chi connectivity index (χ1n) is 3.26. The van der Waals surface area contributed by atoms with Gasteiger partial charge in [-0.15, -0.1) is 0 Å². The van der Waals surface area contributed by atoms with Gasteiger partial charge >= 0.3 is 0 Å². The summed E-state index contributed by atoms with van der Waals surface area (Å²) in [6, 6.07) is 0. The molecule has 1 aliphatic rings. The van der Waals surface area contributed by atoms with Crippen molar-refractivity contribution in [2.24, 2.45) is 0 Å². The Hall–Kier alpha value is 0.650. The first kappa shape index (κ1) is 7.75. The number of rotatable bonds is 1. The average molecular weight is 241 g/mol. The van der Waals surface area contributed by atoms with Crippen LogP contribution in [0.25, 0.3) is 0 Å². The molecular formula is C6H12INO. The molecule has 0 radical (unpaired) electrons. The van der Waals surface area contributed by atoms with E-state index >= 15 is 0 Å². The van der Waals surface area contributed by atoms with Gasteiger partial charge in [-0.3, -0.25) is 0 Å². The van der Waals surface area contributed by atoms with E-state index in [1.54, 1.807) is 0 Å². The molecule has 1 aliphatic heterocycles. The molecule has 0 unspecified atom stereocenters. The topological polar surface area (TPSA) is 32.3 Å². The Balaban J connectivity index is 2.37. The van der Waals surface area contributed by atoms with Gasteiger partial charge in [-0.1, -0.05) is 22.6 Å². The van der Waals surface area contributed by atoms with E-state index in [1.165, 1.54) is 0 Å². The fourth-order valence-electron chi connectivity index (χ4n) is 1.03. The Morgan fingerprint density at radius 2 is 2.00 bits per heavy atom. The van der Waals surface area contributed by atoms with Gasteiger partial charge in [0, 0.05) is 4.43 Å². The van der Waals surface area contributed by atoms with Gasteiger partial charge in [0.05, 0.1) is 5.60 Å². The second kappa shape index (κ2) is 3.16. The summed E-state index contributed by atoms with van der Waals surface area (Å²) in [7, 11) is 0. The molecule has 0 atom stereocenters. The molecule has 2 N–H and O–H groups in total. The highest BCUT2D eigenvalue weighted by Crippen LogP contribution is 2.19. The van der Waals surface area contributed by atoms with E-state index in [-0.39, 0.29) is 5.60 Å². The summed E-state index contributed by atoms with van der Waals surface area (Å²) in [6.07, 6.45) is 1.83. The van der Waals surface area contributed by atoms with Crippen LogP contribution in [0, 0.1) is 0 Å². The van der Waals surface area contributed by atoms with E-state index in [9.17, 15) is 5.11 Å². The number of halogens is 1. The van der Waals surface area contributed by atoms with E-state index in [2.05, 4.69) is 27.9 Å². The van der Waals surface area contributed by atoms with Crippen LogP contribution in [0.2, 0.25) is 0 Å². The molecule has 0 aromatic carbocycles. The van der Waals surface area contributed by atoms with Crippen LogP contribution in [0.1, 0.15) is 12.8 Å². The maximum absolute atomic E-state index is 9.63. The number of aliphatic hydroxyl groups is 1. The van der Waals surface area contributed by atoms with Crippen LogP contribution in [0.3, 0.4) is 0 Å². The summed E-state index contributed by atoms with van der Waals surface area (Å²) < 4.78 is 0.867. The van der Waals surface area contributed by atoms with E-state index in [0.717, 1.165) is 30.4 Å². The molecule has 1 saturated heterocycles. The van der Waals surface area contributed by atoms with Gasteiger partial charge < -0.3 is 10.4 Å². The van der Waals surface area contributed by atoms with E-state index < -0.39 is 0 Å². The normalized spacial score (nSPS) is 26.0. The Morgan fingerprint density at radius 1 is 1.44 bits per heavy atom. The molecule has 0 aromatic heterocycles. The maximum Gasteiger partial charge on any atom is 0.0760 e. The van der Waals surface area contributed by atoms with Crippen LogP contribution >= 0.6 is 22.6 Å². The summed E-state index contributed by atoms with van der Waals surface area (Å²) in [5, 5.41) is 12.8. The van der Waals surface area contributed by atoms with Gasteiger partial charge in [0.1, 0.15) is 0 Å². The lowest BCUT2D eigenvalue weighted by atomic mass is 9.95.